The maximum Gasteiger partial charge on any atom is 0.322 e. The Morgan fingerprint density at radius 2 is 1.73 bits per heavy atom. The third-order valence-electron chi connectivity index (χ3n) is 7.75. The number of rotatable bonds is 4. The van der Waals surface area contributed by atoms with Gasteiger partial charge < -0.3 is 24.3 Å². The van der Waals surface area contributed by atoms with Crippen molar-refractivity contribution in [3.05, 3.63) is 119 Å². The van der Waals surface area contributed by atoms with Gasteiger partial charge in [-0.1, -0.05) is 55.0 Å². The third-order valence-corrected chi connectivity index (χ3v) is 7.75. The summed E-state index contributed by atoms with van der Waals surface area (Å²) in [4.78, 5) is 16.2. The normalized spacial score (nSPS) is 15.6. The molecule has 41 heavy (non-hydrogen) atoms. The lowest BCUT2D eigenvalue weighted by Gasteiger charge is -2.31. The summed E-state index contributed by atoms with van der Waals surface area (Å²) in [5.74, 6) is 2.28. The second-order valence-corrected chi connectivity index (χ2v) is 10.4. The molecular weight excluding hydrogens is 514 g/mol. The van der Waals surface area contributed by atoms with E-state index in [0.29, 0.717) is 36.9 Å². The zero-order chi connectivity index (χ0) is 27.9. The number of aryl methyl sites for hydroxylation is 2. The number of carbonyl (C=O) groups excluding carboxylic acids is 1. The highest BCUT2D eigenvalue weighted by molar-refractivity contribution is 5.90. The Hall–Kier alpha value is -4.98. The van der Waals surface area contributed by atoms with E-state index in [4.69, 9.17) is 14.6 Å². The average Bonchev–Trinajstić information content (AvgIpc) is 3.59. The maximum absolute atomic E-state index is 14.3. The fraction of sp³-hybridized carbons (Fsp3) is 0.212. The van der Waals surface area contributed by atoms with Crippen LogP contribution in [0.1, 0.15) is 41.0 Å². The SMILES string of the molecule is CCc1nn(-c2ccccc2)c2c1CN(C(=O)Nc1ccc3c(c1)OCCO3)C(c1ccc(C)cc1)c1cccn1-2. The molecule has 206 valence electrons. The van der Waals surface area contributed by atoms with Crippen LogP contribution < -0.4 is 14.8 Å². The van der Waals surface area contributed by atoms with E-state index in [1.54, 1.807) is 0 Å². The van der Waals surface area contributed by atoms with E-state index >= 15 is 0 Å². The van der Waals surface area contributed by atoms with Crippen molar-refractivity contribution in [3.63, 3.8) is 0 Å². The van der Waals surface area contributed by atoms with E-state index in [2.05, 4.69) is 72.4 Å². The van der Waals surface area contributed by atoms with Gasteiger partial charge in [0.15, 0.2) is 11.5 Å². The Morgan fingerprint density at radius 3 is 2.51 bits per heavy atom. The summed E-state index contributed by atoms with van der Waals surface area (Å²) >= 11 is 0. The molecule has 0 saturated carbocycles. The fourth-order valence-corrected chi connectivity index (χ4v) is 5.76. The number of fused-ring (bicyclic) bond motifs is 4. The number of anilines is 1. The van der Waals surface area contributed by atoms with Gasteiger partial charge in [-0.3, -0.25) is 0 Å². The van der Waals surface area contributed by atoms with Crippen molar-refractivity contribution < 1.29 is 14.3 Å². The van der Waals surface area contributed by atoms with Crippen molar-refractivity contribution in [1.29, 1.82) is 0 Å². The number of aromatic nitrogens is 3. The summed E-state index contributed by atoms with van der Waals surface area (Å²) in [5, 5.41) is 8.19. The van der Waals surface area contributed by atoms with Crippen molar-refractivity contribution in [2.75, 3.05) is 18.5 Å². The quantitative estimate of drug-likeness (QED) is 0.282. The van der Waals surface area contributed by atoms with Gasteiger partial charge in [0.25, 0.3) is 0 Å². The molecule has 2 aromatic heterocycles. The number of urea groups is 1. The first kappa shape index (κ1) is 25.0. The van der Waals surface area contributed by atoms with Gasteiger partial charge in [0.2, 0.25) is 0 Å². The molecule has 2 aliphatic rings. The van der Waals surface area contributed by atoms with Crippen LogP contribution in [-0.4, -0.2) is 38.5 Å². The Kier molecular flexibility index (Phi) is 6.23. The molecule has 0 fully saturated rings. The van der Waals surface area contributed by atoms with E-state index in [1.807, 2.05) is 52.0 Å². The highest BCUT2D eigenvalue weighted by Crippen LogP contribution is 2.39. The van der Waals surface area contributed by atoms with Crippen LogP contribution >= 0.6 is 0 Å². The minimum Gasteiger partial charge on any atom is -0.486 e. The molecule has 8 nitrogen and oxygen atoms in total. The second kappa shape index (κ2) is 10.2. The Bertz CT molecular complexity index is 1720. The minimum atomic E-state index is -0.329. The molecule has 0 radical (unpaired) electrons. The summed E-state index contributed by atoms with van der Waals surface area (Å²) in [6.45, 7) is 5.57. The van der Waals surface area contributed by atoms with Gasteiger partial charge in [-0.05, 0) is 55.3 Å². The molecular formula is C33H31N5O3. The van der Waals surface area contributed by atoms with Crippen LogP contribution in [0.15, 0.2) is 91.1 Å². The second-order valence-electron chi connectivity index (χ2n) is 10.4. The van der Waals surface area contributed by atoms with E-state index in [1.165, 1.54) is 5.56 Å². The largest absolute Gasteiger partial charge is 0.486 e. The molecule has 0 aliphatic carbocycles. The monoisotopic (exact) mass is 545 g/mol. The van der Waals surface area contributed by atoms with Crippen LogP contribution in [0.4, 0.5) is 10.5 Å². The standard InChI is InChI=1S/C33H31N5O3/c1-3-27-26-21-37(33(39)34-24-15-16-29-30(20-24)41-19-18-40-29)31(23-13-11-22(2)12-14-23)28-10-7-17-36(28)32(26)38(35-27)25-8-5-4-6-9-25/h4-17,20,31H,3,18-19,21H2,1-2H3,(H,34,39). The lowest BCUT2D eigenvalue weighted by Crippen LogP contribution is -2.38. The number of nitrogens with zero attached hydrogens (tertiary/aromatic N) is 4. The third kappa shape index (κ3) is 4.41. The number of benzene rings is 3. The van der Waals surface area contributed by atoms with Crippen LogP contribution in [0.2, 0.25) is 0 Å². The zero-order valence-electron chi connectivity index (χ0n) is 23.1. The van der Waals surface area contributed by atoms with Crippen molar-refractivity contribution in [2.24, 2.45) is 0 Å². The van der Waals surface area contributed by atoms with Crippen LogP contribution in [0, 0.1) is 6.92 Å². The van der Waals surface area contributed by atoms with Crippen molar-refractivity contribution >= 4 is 11.7 Å². The summed E-state index contributed by atoms with van der Waals surface area (Å²) in [6.07, 6.45) is 2.81. The summed E-state index contributed by atoms with van der Waals surface area (Å²) in [5.41, 5.74) is 6.81. The first-order valence-electron chi connectivity index (χ1n) is 14.0. The van der Waals surface area contributed by atoms with Gasteiger partial charge in [0.1, 0.15) is 19.0 Å². The lowest BCUT2D eigenvalue weighted by atomic mass is 10.0. The summed E-state index contributed by atoms with van der Waals surface area (Å²) < 4.78 is 15.6. The summed E-state index contributed by atoms with van der Waals surface area (Å²) in [7, 11) is 0. The Balaban J connectivity index is 1.37. The topological polar surface area (TPSA) is 73.6 Å². The molecule has 0 bridgehead atoms. The molecule has 2 aliphatic heterocycles. The lowest BCUT2D eigenvalue weighted by molar-refractivity contribution is 0.171. The molecule has 1 N–H and O–H groups in total. The van der Waals surface area contributed by atoms with Gasteiger partial charge in [0.05, 0.1) is 29.7 Å². The van der Waals surface area contributed by atoms with Crippen LogP contribution in [-0.2, 0) is 13.0 Å². The highest BCUT2D eigenvalue weighted by Gasteiger charge is 2.36. The van der Waals surface area contributed by atoms with Gasteiger partial charge >= 0.3 is 6.03 Å². The number of nitrogens with one attached hydrogen (secondary N) is 1. The van der Waals surface area contributed by atoms with Gasteiger partial charge in [-0.25, -0.2) is 9.48 Å². The molecule has 3 aromatic carbocycles. The van der Waals surface area contributed by atoms with Crippen molar-refractivity contribution in [3.8, 4) is 23.0 Å². The molecule has 4 heterocycles. The van der Waals surface area contributed by atoms with Gasteiger partial charge in [-0.15, -0.1) is 0 Å². The molecule has 1 atom stereocenters. The van der Waals surface area contributed by atoms with Crippen molar-refractivity contribution in [2.45, 2.75) is 32.9 Å². The van der Waals surface area contributed by atoms with Gasteiger partial charge in [-0.2, -0.15) is 5.10 Å². The number of hydrogen-bond donors (Lipinski definition) is 1. The van der Waals surface area contributed by atoms with E-state index in [0.717, 1.165) is 40.4 Å². The molecule has 0 spiro atoms. The average molecular weight is 546 g/mol. The molecule has 0 saturated heterocycles. The Morgan fingerprint density at radius 1 is 0.951 bits per heavy atom. The number of para-hydroxylation sites is 1. The van der Waals surface area contributed by atoms with Gasteiger partial charge in [0, 0.05) is 23.5 Å². The zero-order valence-corrected chi connectivity index (χ0v) is 23.1. The predicted octanol–water partition coefficient (Wildman–Crippen LogP) is 6.44. The van der Waals surface area contributed by atoms with Crippen LogP contribution in [0.25, 0.3) is 11.5 Å². The van der Waals surface area contributed by atoms with Crippen LogP contribution in [0.3, 0.4) is 0 Å². The number of hydrogen-bond acceptors (Lipinski definition) is 4. The number of carbonyl (C=O) groups is 1. The molecule has 2 amide bonds. The molecule has 8 heteroatoms. The van der Waals surface area contributed by atoms with E-state index in [9.17, 15) is 4.79 Å². The smallest absolute Gasteiger partial charge is 0.322 e. The Labute approximate surface area is 238 Å². The highest BCUT2D eigenvalue weighted by atomic mass is 16.6. The van der Waals surface area contributed by atoms with E-state index in [-0.39, 0.29) is 12.1 Å². The van der Waals surface area contributed by atoms with E-state index < -0.39 is 0 Å². The first-order valence-corrected chi connectivity index (χ1v) is 14.0. The number of ether oxygens (including phenoxy) is 2. The fourth-order valence-electron chi connectivity index (χ4n) is 5.76. The molecule has 1 unspecified atom stereocenters. The van der Waals surface area contributed by atoms with Crippen LogP contribution in [0.5, 0.6) is 11.5 Å². The first-order chi connectivity index (χ1) is 20.1. The molecule has 5 aromatic rings. The maximum atomic E-state index is 14.3. The number of amides is 2. The molecule has 7 rings (SSSR count). The predicted molar refractivity (Wildman–Crippen MR) is 157 cm³/mol. The van der Waals surface area contributed by atoms with Crippen molar-refractivity contribution in [1.82, 2.24) is 19.2 Å². The summed E-state index contributed by atoms with van der Waals surface area (Å²) in [6, 6.07) is 27.7. The minimum absolute atomic E-state index is 0.206.